The Hall–Kier alpha value is -1.71. The Morgan fingerprint density at radius 1 is 1.14 bits per heavy atom. The van der Waals surface area contributed by atoms with Crippen molar-refractivity contribution >= 4 is 0 Å². The third-order valence-electron chi connectivity index (χ3n) is 4.04. The van der Waals surface area contributed by atoms with Crippen LogP contribution in [0.3, 0.4) is 0 Å². The Labute approximate surface area is 126 Å². The third kappa shape index (κ3) is 3.90. The van der Waals surface area contributed by atoms with Gasteiger partial charge >= 0.3 is 0 Å². The fourth-order valence-electron chi connectivity index (χ4n) is 2.83. The molecule has 0 bridgehead atoms. The average molecular weight is 282 g/mol. The van der Waals surface area contributed by atoms with Crippen LogP contribution in [0.25, 0.3) is 0 Å². The van der Waals surface area contributed by atoms with E-state index in [0.717, 1.165) is 31.9 Å². The lowest BCUT2D eigenvalue weighted by atomic mass is 10.0. The molecule has 1 aliphatic heterocycles. The molecule has 0 aliphatic carbocycles. The van der Waals surface area contributed by atoms with Crippen molar-refractivity contribution in [3.05, 3.63) is 66.0 Å². The van der Waals surface area contributed by atoms with Crippen LogP contribution in [-0.2, 0) is 4.74 Å². The third-order valence-corrected chi connectivity index (χ3v) is 4.04. The Kier molecular flexibility index (Phi) is 4.98. The zero-order chi connectivity index (χ0) is 14.3. The number of benzene rings is 1. The van der Waals surface area contributed by atoms with E-state index in [-0.39, 0.29) is 6.04 Å². The minimum absolute atomic E-state index is 0.162. The van der Waals surface area contributed by atoms with E-state index in [4.69, 9.17) is 4.74 Å². The Morgan fingerprint density at radius 3 is 2.71 bits per heavy atom. The normalized spacial score (nSPS) is 19.5. The lowest BCUT2D eigenvalue weighted by molar-refractivity contribution is 0.184. The molecule has 1 aliphatic rings. The van der Waals surface area contributed by atoms with Gasteiger partial charge in [-0.3, -0.25) is 4.98 Å². The highest BCUT2D eigenvalue weighted by atomic mass is 16.5. The van der Waals surface area contributed by atoms with Crippen molar-refractivity contribution in [2.75, 3.05) is 19.8 Å². The van der Waals surface area contributed by atoms with Crippen LogP contribution in [0.15, 0.2) is 54.7 Å². The zero-order valence-electron chi connectivity index (χ0n) is 12.2. The summed E-state index contributed by atoms with van der Waals surface area (Å²) in [5, 5.41) is 3.66. The molecule has 21 heavy (non-hydrogen) atoms. The largest absolute Gasteiger partial charge is 0.381 e. The predicted octanol–water partition coefficient (Wildman–Crippen LogP) is 3.19. The van der Waals surface area contributed by atoms with Crippen molar-refractivity contribution in [1.82, 2.24) is 10.3 Å². The molecule has 2 atom stereocenters. The van der Waals surface area contributed by atoms with Gasteiger partial charge in [-0.25, -0.2) is 0 Å². The molecule has 3 rings (SSSR count). The van der Waals surface area contributed by atoms with Gasteiger partial charge in [0.25, 0.3) is 0 Å². The van der Waals surface area contributed by atoms with Crippen molar-refractivity contribution in [2.45, 2.75) is 18.9 Å². The van der Waals surface area contributed by atoms with E-state index in [0.29, 0.717) is 5.92 Å². The number of pyridine rings is 1. The summed E-state index contributed by atoms with van der Waals surface area (Å²) in [5.74, 6) is 0.706. The summed E-state index contributed by atoms with van der Waals surface area (Å²) >= 11 is 0. The van der Waals surface area contributed by atoms with Gasteiger partial charge in [-0.15, -0.1) is 0 Å². The number of ether oxygens (including phenoxy) is 1. The van der Waals surface area contributed by atoms with E-state index < -0.39 is 0 Å². The summed E-state index contributed by atoms with van der Waals surface area (Å²) in [7, 11) is 0. The number of hydrogen-bond acceptors (Lipinski definition) is 3. The van der Waals surface area contributed by atoms with Gasteiger partial charge in [-0.1, -0.05) is 36.4 Å². The van der Waals surface area contributed by atoms with Crippen LogP contribution >= 0.6 is 0 Å². The minimum Gasteiger partial charge on any atom is -0.381 e. The molecule has 3 heteroatoms. The lowest BCUT2D eigenvalue weighted by Crippen LogP contribution is -2.25. The highest BCUT2D eigenvalue weighted by Gasteiger charge is 2.18. The van der Waals surface area contributed by atoms with Crippen LogP contribution in [-0.4, -0.2) is 24.7 Å². The second kappa shape index (κ2) is 7.34. The van der Waals surface area contributed by atoms with Gasteiger partial charge in [0, 0.05) is 19.4 Å². The highest BCUT2D eigenvalue weighted by molar-refractivity contribution is 5.27. The molecule has 1 fully saturated rings. The maximum absolute atomic E-state index is 5.44. The van der Waals surface area contributed by atoms with Crippen molar-refractivity contribution in [1.29, 1.82) is 0 Å². The molecule has 0 amide bonds. The molecule has 1 aromatic carbocycles. The number of nitrogens with zero attached hydrogens (tertiary/aromatic N) is 1. The molecule has 0 radical (unpaired) electrons. The number of nitrogens with one attached hydrogen (secondary N) is 1. The summed E-state index contributed by atoms with van der Waals surface area (Å²) in [4.78, 5) is 4.52. The van der Waals surface area contributed by atoms with E-state index in [1.807, 2.05) is 18.3 Å². The van der Waals surface area contributed by atoms with Crippen LogP contribution in [0.4, 0.5) is 0 Å². The maximum atomic E-state index is 5.44. The Bertz CT molecular complexity index is 484. The molecule has 1 N–H and O–H groups in total. The smallest absolute Gasteiger partial charge is 0.0751 e. The quantitative estimate of drug-likeness (QED) is 0.883. The summed E-state index contributed by atoms with van der Waals surface area (Å²) < 4.78 is 5.44. The summed E-state index contributed by atoms with van der Waals surface area (Å²) in [6.07, 6.45) is 4.22. The van der Waals surface area contributed by atoms with Gasteiger partial charge in [0.15, 0.2) is 0 Å². The van der Waals surface area contributed by atoms with Crippen molar-refractivity contribution in [3.63, 3.8) is 0 Å². The van der Waals surface area contributed by atoms with Crippen LogP contribution in [0, 0.1) is 5.92 Å². The fourth-order valence-corrected chi connectivity index (χ4v) is 2.83. The number of aromatic nitrogens is 1. The molecule has 0 spiro atoms. The van der Waals surface area contributed by atoms with Gasteiger partial charge in [0.1, 0.15) is 0 Å². The van der Waals surface area contributed by atoms with Crippen LogP contribution in [0.5, 0.6) is 0 Å². The van der Waals surface area contributed by atoms with E-state index in [1.165, 1.54) is 12.0 Å². The first-order valence-electron chi connectivity index (χ1n) is 7.70. The molecule has 3 nitrogen and oxygen atoms in total. The zero-order valence-corrected chi connectivity index (χ0v) is 12.2. The van der Waals surface area contributed by atoms with Crippen LogP contribution in [0.2, 0.25) is 0 Å². The first kappa shape index (κ1) is 14.2. The van der Waals surface area contributed by atoms with E-state index in [9.17, 15) is 0 Å². The molecule has 110 valence electrons. The molecule has 2 aromatic rings. The average Bonchev–Trinajstić information content (AvgIpc) is 3.07. The second-order valence-electron chi connectivity index (χ2n) is 5.57. The van der Waals surface area contributed by atoms with Gasteiger partial charge in [-0.2, -0.15) is 0 Å². The van der Waals surface area contributed by atoms with Crippen molar-refractivity contribution in [3.8, 4) is 0 Å². The second-order valence-corrected chi connectivity index (χ2v) is 5.57. The number of hydrogen-bond donors (Lipinski definition) is 1. The monoisotopic (exact) mass is 282 g/mol. The summed E-state index contributed by atoms with van der Waals surface area (Å²) in [6.45, 7) is 2.83. The Balaban J connectivity index is 1.67. The summed E-state index contributed by atoms with van der Waals surface area (Å²) in [6, 6.07) is 16.8. The molecule has 1 aromatic heterocycles. The van der Waals surface area contributed by atoms with Crippen molar-refractivity contribution < 1.29 is 4.74 Å². The molecule has 2 unspecified atom stereocenters. The molecule has 1 saturated heterocycles. The highest BCUT2D eigenvalue weighted by Crippen LogP contribution is 2.21. The molecule has 2 heterocycles. The maximum Gasteiger partial charge on any atom is 0.0751 e. The standard InChI is InChI=1S/C18H22N2O/c1-2-6-16(7-3-1)18(17-8-4-5-11-19-17)20-12-9-15-10-13-21-14-15/h1-8,11,15,18,20H,9-10,12-14H2. The van der Waals surface area contributed by atoms with Gasteiger partial charge in [-0.05, 0) is 43.0 Å². The molecule has 0 saturated carbocycles. The predicted molar refractivity (Wildman–Crippen MR) is 84.1 cm³/mol. The van der Waals surface area contributed by atoms with Crippen LogP contribution < -0.4 is 5.32 Å². The summed E-state index contributed by atoms with van der Waals surface area (Å²) in [5.41, 5.74) is 2.34. The van der Waals surface area contributed by atoms with Crippen LogP contribution in [0.1, 0.15) is 30.1 Å². The molecular weight excluding hydrogens is 260 g/mol. The Morgan fingerprint density at radius 2 is 2.00 bits per heavy atom. The topological polar surface area (TPSA) is 34.1 Å². The van der Waals surface area contributed by atoms with E-state index in [1.54, 1.807) is 0 Å². The van der Waals surface area contributed by atoms with Gasteiger partial charge in [0.05, 0.1) is 11.7 Å². The van der Waals surface area contributed by atoms with E-state index >= 15 is 0 Å². The lowest BCUT2D eigenvalue weighted by Gasteiger charge is -2.19. The first-order chi connectivity index (χ1) is 10.4. The SMILES string of the molecule is c1ccc(C(NCCC2CCOC2)c2ccccn2)cc1. The van der Waals surface area contributed by atoms with Gasteiger partial charge < -0.3 is 10.1 Å². The van der Waals surface area contributed by atoms with Gasteiger partial charge in [0.2, 0.25) is 0 Å². The fraction of sp³-hybridized carbons (Fsp3) is 0.389. The number of rotatable bonds is 6. The van der Waals surface area contributed by atoms with E-state index in [2.05, 4.69) is 46.7 Å². The first-order valence-corrected chi connectivity index (χ1v) is 7.70. The molecular formula is C18H22N2O. The van der Waals surface area contributed by atoms with Crippen molar-refractivity contribution in [2.24, 2.45) is 5.92 Å². The minimum atomic E-state index is 0.162.